The molecule has 1 aliphatic heterocycles. The molecule has 3 rings (SSSR count). The van der Waals surface area contributed by atoms with Gasteiger partial charge < -0.3 is 15.2 Å². The number of aromatic nitrogens is 4. The summed E-state index contributed by atoms with van der Waals surface area (Å²) in [6.07, 6.45) is 0. The molecule has 0 bridgehead atoms. The van der Waals surface area contributed by atoms with Gasteiger partial charge in [0, 0.05) is 40.3 Å². The Kier molecular flexibility index (Phi) is 4.48. The molecule has 1 fully saturated rings. The monoisotopic (exact) mass is 349 g/mol. The van der Waals surface area contributed by atoms with Crippen LogP contribution in [0.3, 0.4) is 0 Å². The van der Waals surface area contributed by atoms with Gasteiger partial charge in [-0.05, 0) is 7.05 Å². The number of aryl methyl sites for hydroxylation is 1. The van der Waals surface area contributed by atoms with Crippen LogP contribution >= 0.6 is 0 Å². The largest absolute Gasteiger partial charge is 0.368 e. The Bertz CT molecular complexity index is 931. The number of fused-ring (bicyclic) bond motifs is 1. The smallest absolute Gasteiger partial charge is 0.332 e. The van der Waals surface area contributed by atoms with Crippen LogP contribution in [0.25, 0.3) is 11.2 Å². The van der Waals surface area contributed by atoms with Crippen LogP contribution < -0.4 is 17.0 Å². The highest BCUT2D eigenvalue weighted by atomic mass is 16.2. The molecule has 2 aromatic rings. The van der Waals surface area contributed by atoms with Gasteiger partial charge in [-0.3, -0.25) is 23.6 Å². The first-order chi connectivity index (χ1) is 11.8. The van der Waals surface area contributed by atoms with Gasteiger partial charge in [-0.1, -0.05) is 0 Å². The van der Waals surface area contributed by atoms with Crippen molar-refractivity contribution in [3.05, 3.63) is 26.7 Å². The first-order valence-electron chi connectivity index (χ1n) is 8.14. The summed E-state index contributed by atoms with van der Waals surface area (Å²) >= 11 is 0. The van der Waals surface area contributed by atoms with Crippen LogP contribution in [0, 0.1) is 0 Å². The number of piperazine rings is 1. The van der Waals surface area contributed by atoms with E-state index in [1.165, 1.54) is 16.2 Å². The van der Waals surface area contributed by atoms with E-state index in [4.69, 9.17) is 5.73 Å². The highest BCUT2D eigenvalue weighted by Crippen LogP contribution is 2.14. The number of hydrogen-bond acceptors (Lipinski definition) is 6. The van der Waals surface area contributed by atoms with E-state index in [0.29, 0.717) is 12.4 Å². The van der Waals surface area contributed by atoms with Crippen LogP contribution in [0.5, 0.6) is 0 Å². The standard InChI is InChI=1S/C15H23N7O3/c1-18-4-6-21(7-5-18)9-11-17-13-12(22(11)8-10(16)23)14(24)20(3)15(25)19(13)2/h4-9H2,1-3H3,(H2,16,23). The van der Waals surface area contributed by atoms with Gasteiger partial charge in [-0.2, -0.15) is 0 Å². The van der Waals surface area contributed by atoms with Crippen LogP contribution in [-0.4, -0.2) is 67.6 Å². The molecule has 0 aliphatic carbocycles. The van der Waals surface area contributed by atoms with Gasteiger partial charge in [-0.25, -0.2) is 9.78 Å². The van der Waals surface area contributed by atoms with E-state index < -0.39 is 17.2 Å². The molecule has 3 heterocycles. The average Bonchev–Trinajstić information content (AvgIpc) is 2.91. The fourth-order valence-electron chi connectivity index (χ4n) is 3.14. The minimum Gasteiger partial charge on any atom is -0.368 e. The third-order valence-corrected chi connectivity index (χ3v) is 4.70. The molecule has 1 aliphatic rings. The lowest BCUT2D eigenvalue weighted by Gasteiger charge is -2.32. The molecule has 1 saturated heterocycles. The Morgan fingerprint density at radius 2 is 1.72 bits per heavy atom. The number of likely N-dealkylation sites (N-methyl/N-ethyl adjacent to an activating group) is 1. The third kappa shape index (κ3) is 3.10. The van der Waals surface area contributed by atoms with Crippen molar-refractivity contribution in [1.82, 2.24) is 28.5 Å². The van der Waals surface area contributed by atoms with E-state index in [1.54, 1.807) is 7.05 Å². The fourth-order valence-corrected chi connectivity index (χ4v) is 3.14. The van der Waals surface area contributed by atoms with Gasteiger partial charge in [0.2, 0.25) is 5.91 Å². The lowest BCUT2D eigenvalue weighted by atomic mass is 10.3. The number of imidazole rings is 1. The van der Waals surface area contributed by atoms with E-state index in [9.17, 15) is 14.4 Å². The van der Waals surface area contributed by atoms with Crippen molar-refractivity contribution in [2.75, 3.05) is 33.2 Å². The molecule has 0 unspecified atom stereocenters. The molecule has 10 nitrogen and oxygen atoms in total. The van der Waals surface area contributed by atoms with Crippen molar-refractivity contribution < 1.29 is 4.79 Å². The first kappa shape index (κ1) is 17.4. The van der Waals surface area contributed by atoms with Gasteiger partial charge >= 0.3 is 5.69 Å². The number of hydrogen-bond donors (Lipinski definition) is 1. The number of carbonyl (C=O) groups excluding carboxylic acids is 1. The van der Waals surface area contributed by atoms with E-state index in [2.05, 4.69) is 21.8 Å². The summed E-state index contributed by atoms with van der Waals surface area (Å²) in [6, 6.07) is 0. The molecule has 2 N–H and O–H groups in total. The Morgan fingerprint density at radius 3 is 2.32 bits per heavy atom. The van der Waals surface area contributed by atoms with Gasteiger partial charge in [0.05, 0.1) is 6.54 Å². The normalized spacial score (nSPS) is 16.6. The Morgan fingerprint density at radius 1 is 1.08 bits per heavy atom. The van der Waals surface area contributed by atoms with Gasteiger partial charge in [0.25, 0.3) is 5.56 Å². The quantitative estimate of drug-likeness (QED) is 0.662. The maximum atomic E-state index is 12.6. The molecule has 10 heteroatoms. The van der Waals surface area contributed by atoms with E-state index in [-0.39, 0.29) is 17.7 Å². The van der Waals surface area contributed by atoms with Crippen molar-refractivity contribution in [3.8, 4) is 0 Å². The van der Waals surface area contributed by atoms with Gasteiger partial charge in [0.15, 0.2) is 11.2 Å². The van der Waals surface area contributed by atoms with E-state index in [1.807, 2.05) is 0 Å². The van der Waals surface area contributed by atoms with Crippen molar-refractivity contribution in [1.29, 1.82) is 0 Å². The van der Waals surface area contributed by atoms with E-state index in [0.717, 1.165) is 30.7 Å². The predicted octanol–water partition coefficient (Wildman–Crippen LogP) is -2.33. The second kappa shape index (κ2) is 6.45. The Hall–Kier alpha value is -2.46. The lowest BCUT2D eigenvalue weighted by Crippen LogP contribution is -2.44. The molecule has 25 heavy (non-hydrogen) atoms. The molecule has 0 spiro atoms. The predicted molar refractivity (Wildman–Crippen MR) is 92.2 cm³/mol. The molecule has 0 radical (unpaired) electrons. The van der Waals surface area contributed by atoms with Crippen LogP contribution in [-0.2, 0) is 32.0 Å². The molecule has 0 atom stereocenters. The topological polar surface area (TPSA) is 111 Å². The molecule has 0 saturated carbocycles. The van der Waals surface area contributed by atoms with Gasteiger partial charge in [0.1, 0.15) is 12.4 Å². The second-order valence-electron chi connectivity index (χ2n) is 6.54. The number of nitrogens with two attached hydrogens (primary N) is 1. The highest BCUT2D eigenvalue weighted by molar-refractivity contribution is 5.78. The van der Waals surface area contributed by atoms with Crippen molar-refractivity contribution in [2.24, 2.45) is 19.8 Å². The van der Waals surface area contributed by atoms with Crippen LogP contribution in [0.15, 0.2) is 9.59 Å². The lowest BCUT2D eigenvalue weighted by molar-refractivity contribution is -0.118. The van der Waals surface area contributed by atoms with Crippen LogP contribution in [0.1, 0.15) is 5.82 Å². The summed E-state index contributed by atoms with van der Waals surface area (Å²) in [7, 11) is 5.04. The third-order valence-electron chi connectivity index (χ3n) is 4.70. The summed E-state index contributed by atoms with van der Waals surface area (Å²) < 4.78 is 3.88. The summed E-state index contributed by atoms with van der Waals surface area (Å²) in [5.41, 5.74) is 4.94. The van der Waals surface area contributed by atoms with Crippen LogP contribution in [0.2, 0.25) is 0 Å². The Labute approximate surface area is 144 Å². The molecular formula is C15H23N7O3. The number of nitrogens with zero attached hydrogens (tertiary/aromatic N) is 6. The summed E-state index contributed by atoms with van der Waals surface area (Å²) in [5, 5.41) is 0. The first-order valence-corrected chi connectivity index (χ1v) is 8.14. The second-order valence-corrected chi connectivity index (χ2v) is 6.54. The molecule has 0 aromatic carbocycles. The maximum absolute atomic E-state index is 12.6. The fraction of sp³-hybridized carbons (Fsp3) is 0.600. The minimum atomic E-state index is -0.560. The SMILES string of the molecule is CN1CCN(Cc2nc3c(c(=O)n(C)c(=O)n3C)n2CC(N)=O)CC1. The zero-order chi connectivity index (χ0) is 18.3. The molecule has 2 aromatic heterocycles. The summed E-state index contributed by atoms with van der Waals surface area (Å²) in [4.78, 5) is 45.2. The summed E-state index contributed by atoms with van der Waals surface area (Å²) in [6.45, 7) is 3.97. The molecule has 136 valence electrons. The van der Waals surface area contributed by atoms with Crippen molar-refractivity contribution in [3.63, 3.8) is 0 Å². The Balaban J connectivity index is 2.12. The molecule has 1 amide bonds. The van der Waals surface area contributed by atoms with Gasteiger partial charge in [-0.15, -0.1) is 0 Å². The van der Waals surface area contributed by atoms with Crippen molar-refractivity contribution in [2.45, 2.75) is 13.1 Å². The maximum Gasteiger partial charge on any atom is 0.332 e. The number of primary amides is 1. The number of rotatable bonds is 4. The van der Waals surface area contributed by atoms with Crippen LogP contribution in [0.4, 0.5) is 0 Å². The average molecular weight is 349 g/mol. The number of carbonyl (C=O) groups is 1. The number of amides is 1. The zero-order valence-corrected chi connectivity index (χ0v) is 14.7. The van der Waals surface area contributed by atoms with Crippen molar-refractivity contribution >= 4 is 17.1 Å². The highest BCUT2D eigenvalue weighted by Gasteiger charge is 2.22. The summed E-state index contributed by atoms with van der Waals surface area (Å²) in [5.74, 6) is 0.00601. The minimum absolute atomic E-state index is 0.146. The zero-order valence-electron chi connectivity index (χ0n) is 14.7. The van der Waals surface area contributed by atoms with E-state index >= 15 is 0 Å². The molecular weight excluding hydrogens is 326 g/mol.